The van der Waals surface area contributed by atoms with Crippen molar-refractivity contribution in [2.75, 3.05) is 0 Å². The number of rotatable bonds is 3. The standard InChI is InChI=1S/C11H13NO4/c1-3-5-8-7(4-2)12-11(15)9(16-8)6-10(13)14/h3-5,9H,1,6H2,2H3,(H,12,15)(H,13,14)/b7-4+,8-5+. The summed E-state index contributed by atoms with van der Waals surface area (Å²) in [6.07, 6.45) is 3.40. The molecule has 1 amide bonds. The Bertz CT molecular complexity index is 381. The summed E-state index contributed by atoms with van der Waals surface area (Å²) in [5.41, 5.74) is 0.520. The van der Waals surface area contributed by atoms with Crippen LogP contribution in [0.4, 0.5) is 0 Å². The monoisotopic (exact) mass is 223 g/mol. The zero-order valence-electron chi connectivity index (χ0n) is 8.90. The highest BCUT2D eigenvalue weighted by Crippen LogP contribution is 2.19. The van der Waals surface area contributed by atoms with Crippen LogP contribution in [0.2, 0.25) is 0 Å². The van der Waals surface area contributed by atoms with Crippen molar-refractivity contribution < 1.29 is 19.4 Å². The van der Waals surface area contributed by atoms with E-state index in [-0.39, 0.29) is 6.42 Å². The summed E-state index contributed by atoms with van der Waals surface area (Å²) in [6.45, 7) is 5.26. The minimum absolute atomic E-state index is 0.364. The zero-order chi connectivity index (χ0) is 12.1. The van der Waals surface area contributed by atoms with Crippen LogP contribution in [-0.4, -0.2) is 23.1 Å². The number of amides is 1. The Morgan fingerprint density at radius 2 is 2.38 bits per heavy atom. The largest absolute Gasteiger partial charge is 0.481 e. The van der Waals surface area contributed by atoms with Gasteiger partial charge in [0.05, 0.1) is 12.1 Å². The molecule has 16 heavy (non-hydrogen) atoms. The smallest absolute Gasteiger partial charge is 0.307 e. The predicted octanol–water partition coefficient (Wildman–Crippen LogP) is 0.950. The van der Waals surface area contributed by atoms with Crippen molar-refractivity contribution in [3.63, 3.8) is 0 Å². The van der Waals surface area contributed by atoms with Crippen LogP contribution in [0.15, 0.2) is 36.3 Å². The minimum atomic E-state index is -1.08. The highest BCUT2D eigenvalue weighted by molar-refractivity contribution is 5.88. The fourth-order valence-corrected chi connectivity index (χ4v) is 1.29. The van der Waals surface area contributed by atoms with Gasteiger partial charge in [0, 0.05) is 0 Å². The van der Waals surface area contributed by atoms with Gasteiger partial charge in [0.15, 0.2) is 6.10 Å². The number of allylic oxidation sites excluding steroid dienone is 3. The number of morpholine rings is 1. The predicted molar refractivity (Wildman–Crippen MR) is 57.3 cm³/mol. The third kappa shape index (κ3) is 2.73. The second kappa shape index (κ2) is 5.16. The molecule has 0 spiro atoms. The maximum absolute atomic E-state index is 11.5. The highest BCUT2D eigenvalue weighted by Gasteiger charge is 2.30. The summed E-state index contributed by atoms with van der Waals surface area (Å²) < 4.78 is 5.28. The number of carboxylic acid groups (broad SMARTS) is 1. The second-order valence-corrected chi connectivity index (χ2v) is 3.16. The number of ether oxygens (including phenoxy) is 1. The van der Waals surface area contributed by atoms with Crippen LogP contribution in [0.25, 0.3) is 0 Å². The third-order valence-electron chi connectivity index (χ3n) is 2.00. The number of carbonyl (C=O) groups excluding carboxylic acids is 1. The zero-order valence-corrected chi connectivity index (χ0v) is 8.90. The Balaban J connectivity index is 2.88. The van der Waals surface area contributed by atoms with Crippen LogP contribution < -0.4 is 5.32 Å². The van der Waals surface area contributed by atoms with Gasteiger partial charge < -0.3 is 15.2 Å². The average Bonchev–Trinajstić information content (AvgIpc) is 2.22. The third-order valence-corrected chi connectivity index (χ3v) is 2.00. The van der Waals surface area contributed by atoms with Crippen molar-refractivity contribution in [3.05, 3.63) is 36.3 Å². The van der Waals surface area contributed by atoms with Gasteiger partial charge in [0.2, 0.25) is 0 Å². The van der Waals surface area contributed by atoms with Crippen molar-refractivity contribution in [2.45, 2.75) is 19.4 Å². The number of hydrogen-bond acceptors (Lipinski definition) is 3. The van der Waals surface area contributed by atoms with E-state index in [1.165, 1.54) is 6.08 Å². The molecule has 5 heteroatoms. The van der Waals surface area contributed by atoms with Gasteiger partial charge in [0.1, 0.15) is 5.76 Å². The van der Waals surface area contributed by atoms with Gasteiger partial charge in [0.25, 0.3) is 5.91 Å². The molecule has 1 heterocycles. The van der Waals surface area contributed by atoms with Gasteiger partial charge >= 0.3 is 5.97 Å². The molecule has 1 rings (SSSR count). The van der Waals surface area contributed by atoms with E-state index in [4.69, 9.17) is 9.84 Å². The minimum Gasteiger partial charge on any atom is -0.481 e. The molecule has 0 aromatic heterocycles. The Kier molecular flexibility index (Phi) is 3.88. The fourth-order valence-electron chi connectivity index (χ4n) is 1.29. The topological polar surface area (TPSA) is 75.6 Å². The summed E-state index contributed by atoms with van der Waals surface area (Å²) >= 11 is 0. The summed E-state index contributed by atoms with van der Waals surface area (Å²) in [7, 11) is 0. The Morgan fingerprint density at radius 1 is 1.69 bits per heavy atom. The number of aliphatic carboxylic acids is 1. The number of carbonyl (C=O) groups is 2. The quantitative estimate of drug-likeness (QED) is 0.746. The summed E-state index contributed by atoms with van der Waals surface area (Å²) in [6, 6.07) is 0. The Morgan fingerprint density at radius 3 is 2.88 bits per heavy atom. The van der Waals surface area contributed by atoms with Crippen LogP contribution in [0.3, 0.4) is 0 Å². The summed E-state index contributed by atoms with van der Waals surface area (Å²) in [4.78, 5) is 22.0. The highest BCUT2D eigenvalue weighted by atomic mass is 16.5. The summed E-state index contributed by atoms with van der Waals surface area (Å²) in [5, 5.41) is 11.2. The average molecular weight is 223 g/mol. The normalized spacial score (nSPS) is 25.1. The van der Waals surface area contributed by atoms with E-state index in [1.807, 2.05) is 0 Å². The van der Waals surface area contributed by atoms with E-state index >= 15 is 0 Å². The van der Waals surface area contributed by atoms with Crippen molar-refractivity contribution in [1.82, 2.24) is 5.32 Å². The molecular weight excluding hydrogens is 210 g/mol. The molecule has 5 nitrogen and oxygen atoms in total. The molecular formula is C11H13NO4. The summed E-state index contributed by atoms with van der Waals surface area (Å²) in [5.74, 6) is -1.11. The van der Waals surface area contributed by atoms with Crippen molar-refractivity contribution in [2.24, 2.45) is 0 Å². The maximum Gasteiger partial charge on any atom is 0.307 e. The molecule has 1 aliphatic rings. The molecule has 1 unspecified atom stereocenters. The lowest BCUT2D eigenvalue weighted by atomic mass is 10.1. The van der Waals surface area contributed by atoms with Crippen molar-refractivity contribution in [1.29, 1.82) is 0 Å². The molecule has 86 valence electrons. The van der Waals surface area contributed by atoms with E-state index in [2.05, 4.69) is 11.9 Å². The SMILES string of the molecule is C=C/C=C1/OC(CC(=O)O)C(=O)N/C1=C/C. The van der Waals surface area contributed by atoms with Crippen LogP contribution in [0, 0.1) is 0 Å². The lowest BCUT2D eigenvalue weighted by molar-refractivity contribution is -0.145. The number of carboxylic acids is 1. The first kappa shape index (κ1) is 12.0. The molecule has 0 aromatic carbocycles. The van der Waals surface area contributed by atoms with E-state index in [0.717, 1.165) is 0 Å². The maximum atomic E-state index is 11.5. The first-order chi connectivity index (χ1) is 7.58. The van der Waals surface area contributed by atoms with E-state index in [1.54, 1.807) is 19.1 Å². The van der Waals surface area contributed by atoms with Gasteiger partial charge in [-0.05, 0) is 13.0 Å². The van der Waals surface area contributed by atoms with Crippen LogP contribution in [-0.2, 0) is 14.3 Å². The molecule has 0 aromatic rings. The first-order valence-corrected chi connectivity index (χ1v) is 4.77. The Hall–Kier alpha value is -2.04. The molecule has 0 aliphatic carbocycles. The van der Waals surface area contributed by atoms with Gasteiger partial charge in [-0.25, -0.2) is 0 Å². The lowest BCUT2D eigenvalue weighted by Gasteiger charge is -2.26. The van der Waals surface area contributed by atoms with Gasteiger partial charge in [-0.2, -0.15) is 0 Å². The molecule has 1 saturated heterocycles. The molecule has 1 aliphatic heterocycles. The van der Waals surface area contributed by atoms with Crippen LogP contribution in [0.1, 0.15) is 13.3 Å². The van der Waals surface area contributed by atoms with Crippen LogP contribution in [0.5, 0.6) is 0 Å². The molecule has 0 radical (unpaired) electrons. The molecule has 0 bridgehead atoms. The van der Waals surface area contributed by atoms with Crippen molar-refractivity contribution >= 4 is 11.9 Å². The lowest BCUT2D eigenvalue weighted by Crippen LogP contribution is -2.42. The van der Waals surface area contributed by atoms with E-state index in [9.17, 15) is 9.59 Å². The second-order valence-electron chi connectivity index (χ2n) is 3.16. The van der Waals surface area contributed by atoms with E-state index in [0.29, 0.717) is 11.5 Å². The van der Waals surface area contributed by atoms with E-state index < -0.39 is 18.0 Å². The first-order valence-electron chi connectivity index (χ1n) is 4.77. The number of hydrogen-bond donors (Lipinski definition) is 2. The molecule has 2 N–H and O–H groups in total. The number of nitrogens with one attached hydrogen (secondary N) is 1. The van der Waals surface area contributed by atoms with Crippen LogP contribution >= 0.6 is 0 Å². The fraction of sp³-hybridized carbons (Fsp3) is 0.273. The van der Waals surface area contributed by atoms with Crippen molar-refractivity contribution in [3.8, 4) is 0 Å². The van der Waals surface area contributed by atoms with Gasteiger partial charge in [-0.15, -0.1) is 0 Å². The van der Waals surface area contributed by atoms with Gasteiger partial charge in [-0.3, -0.25) is 9.59 Å². The van der Waals surface area contributed by atoms with Gasteiger partial charge in [-0.1, -0.05) is 18.7 Å². The Labute approximate surface area is 93.1 Å². The molecule has 0 saturated carbocycles. The molecule has 1 atom stereocenters. The molecule has 1 fully saturated rings.